The molecule has 0 atom stereocenters. The van der Waals surface area contributed by atoms with Crippen LogP contribution in [-0.2, 0) is 6.54 Å². The summed E-state index contributed by atoms with van der Waals surface area (Å²) < 4.78 is 8.65. The van der Waals surface area contributed by atoms with E-state index >= 15 is 0 Å². The highest BCUT2D eigenvalue weighted by atomic mass is 35.5. The summed E-state index contributed by atoms with van der Waals surface area (Å²) in [6.45, 7) is 10.1. The maximum atomic E-state index is 6.08. The lowest BCUT2D eigenvalue weighted by molar-refractivity contribution is 0.104. The number of benzene rings is 1. The van der Waals surface area contributed by atoms with Gasteiger partial charge in [-0.1, -0.05) is 35.9 Å². The lowest BCUT2D eigenvalue weighted by Gasteiger charge is -2.36. The van der Waals surface area contributed by atoms with Gasteiger partial charge in [0.2, 0.25) is 5.88 Å². The summed E-state index contributed by atoms with van der Waals surface area (Å²) in [6.07, 6.45) is 3.39. The van der Waals surface area contributed by atoms with E-state index in [9.17, 15) is 0 Å². The van der Waals surface area contributed by atoms with Gasteiger partial charge in [0.1, 0.15) is 0 Å². The van der Waals surface area contributed by atoms with Crippen molar-refractivity contribution in [3.05, 3.63) is 65.4 Å². The quantitative estimate of drug-likeness (QED) is 0.427. The molecule has 6 nitrogen and oxygen atoms in total. The van der Waals surface area contributed by atoms with Gasteiger partial charge >= 0.3 is 0 Å². The Hall–Kier alpha value is -2.32. The number of anilines is 1. The van der Waals surface area contributed by atoms with Crippen LogP contribution < -0.4 is 9.46 Å². The zero-order valence-corrected chi connectivity index (χ0v) is 20.9. The average Bonchev–Trinajstić information content (AvgIpc) is 2.84. The van der Waals surface area contributed by atoms with Crippen molar-refractivity contribution in [1.82, 2.24) is 19.8 Å². The van der Waals surface area contributed by atoms with Crippen LogP contribution in [0.25, 0.3) is 11.3 Å². The van der Waals surface area contributed by atoms with Gasteiger partial charge in [-0.3, -0.25) is 14.8 Å². The fourth-order valence-corrected chi connectivity index (χ4v) is 4.86. The van der Waals surface area contributed by atoms with E-state index in [2.05, 4.69) is 62.6 Å². The second kappa shape index (κ2) is 11.2. The van der Waals surface area contributed by atoms with Gasteiger partial charge in [0.05, 0.1) is 22.7 Å². The third-order valence-electron chi connectivity index (χ3n) is 5.81. The van der Waals surface area contributed by atoms with Gasteiger partial charge < -0.3 is 9.46 Å². The number of methoxy groups -OCH3 is 1. The first-order valence-corrected chi connectivity index (χ1v) is 12.4. The molecule has 0 spiro atoms. The van der Waals surface area contributed by atoms with Gasteiger partial charge in [-0.25, -0.2) is 4.98 Å². The number of hydrogen-bond acceptors (Lipinski definition) is 7. The molecule has 33 heavy (non-hydrogen) atoms. The van der Waals surface area contributed by atoms with E-state index in [1.165, 1.54) is 17.5 Å². The number of aromatic nitrogens is 2. The summed E-state index contributed by atoms with van der Waals surface area (Å²) in [4.78, 5) is 14.7. The fraction of sp³-hybridized carbons (Fsp3) is 0.360. The molecular weight excluding hydrogens is 454 g/mol. The van der Waals surface area contributed by atoms with Crippen LogP contribution in [0, 0.1) is 0 Å². The molecule has 3 aromatic rings. The normalized spacial score (nSPS) is 15.1. The van der Waals surface area contributed by atoms with Crippen molar-refractivity contribution in [3.8, 4) is 17.1 Å². The molecule has 3 heterocycles. The van der Waals surface area contributed by atoms with Crippen LogP contribution in [-0.4, -0.2) is 59.1 Å². The molecule has 1 aliphatic heterocycles. The van der Waals surface area contributed by atoms with Gasteiger partial charge in [0, 0.05) is 62.4 Å². The van der Waals surface area contributed by atoms with Gasteiger partial charge in [0.25, 0.3) is 0 Å². The first-order valence-electron chi connectivity index (χ1n) is 11.2. The molecule has 0 aliphatic carbocycles. The van der Waals surface area contributed by atoms with E-state index < -0.39 is 0 Å². The monoisotopic (exact) mass is 483 g/mol. The van der Waals surface area contributed by atoms with Crippen molar-refractivity contribution in [2.75, 3.05) is 38.0 Å². The van der Waals surface area contributed by atoms with Crippen LogP contribution in [0.2, 0.25) is 5.02 Å². The maximum absolute atomic E-state index is 6.08. The molecule has 1 aliphatic rings. The average molecular weight is 484 g/mol. The number of nitrogens with one attached hydrogen (secondary N) is 1. The number of hydrogen-bond donors (Lipinski definition) is 1. The molecule has 1 fully saturated rings. The van der Waals surface area contributed by atoms with Crippen molar-refractivity contribution >= 4 is 29.2 Å². The van der Waals surface area contributed by atoms with Crippen molar-refractivity contribution < 1.29 is 4.74 Å². The van der Waals surface area contributed by atoms with E-state index in [0.717, 1.165) is 54.6 Å². The third-order valence-corrected chi connectivity index (χ3v) is 6.87. The second-order valence-corrected chi connectivity index (χ2v) is 9.68. The summed E-state index contributed by atoms with van der Waals surface area (Å²) in [5, 5.41) is 0.567. The highest BCUT2D eigenvalue weighted by Crippen LogP contribution is 2.31. The summed E-state index contributed by atoms with van der Waals surface area (Å²) in [7, 11) is 1.60. The van der Waals surface area contributed by atoms with Gasteiger partial charge in [-0.05, 0) is 49.6 Å². The SMILES string of the molecule is COc1ncc(Cl)cc1SNc1ccnc(-c2ccc(CN3CCN(C(C)C)CC3)cc2)c1. The molecule has 2 aromatic heterocycles. The third kappa shape index (κ3) is 6.38. The molecule has 0 unspecified atom stereocenters. The lowest BCUT2D eigenvalue weighted by Crippen LogP contribution is -2.48. The smallest absolute Gasteiger partial charge is 0.228 e. The minimum absolute atomic E-state index is 0.535. The zero-order valence-electron chi connectivity index (χ0n) is 19.3. The Morgan fingerprint density at radius 2 is 1.82 bits per heavy atom. The number of rotatable bonds is 8. The van der Waals surface area contributed by atoms with Crippen LogP contribution in [0.1, 0.15) is 19.4 Å². The standard InChI is InChI=1S/C25H30ClN5OS/c1-18(2)31-12-10-30(11-13-31)17-19-4-6-20(7-5-19)23-15-22(8-9-27-23)29-33-24-14-21(26)16-28-25(24)32-3/h4-9,14-16,18H,10-13,17H2,1-3H3,(H,27,29). The predicted octanol–water partition coefficient (Wildman–Crippen LogP) is 5.45. The van der Waals surface area contributed by atoms with Gasteiger partial charge in [0.15, 0.2) is 0 Å². The van der Waals surface area contributed by atoms with Crippen LogP contribution in [0.5, 0.6) is 5.88 Å². The molecule has 8 heteroatoms. The van der Waals surface area contributed by atoms with E-state index in [4.69, 9.17) is 16.3 Å². The van der Waals surface area contributed by atoms with Gasteiger partial charge in [-0.15, -0.1) is 0 Å². The van der Waals surface area contributed by atoms with Crippen LogP contribution in [0.15, 0.2) is 59.8 Å². The Kier molecular flexibility index (Phi) is 8.09. The van der Waals surface area contributed by atoms with E-state index in [0.29, 0.717) is 16.9 Å². The maximum Gasteiger partial charge on any atom is 0.228 e. The first kappa shape index (κ1) is 23.8. The minimum atomic E-state index is 0.535. The fourth-order valence-electron chi connectivity index (χ4n) is 3.88. The number of ether oxygens (including phenoxy) is 1. The van der Waals surface area contributed by atoms with Crippen LogP contribution in [0.3, 0.4) is 0 Å². The number of piperazine rings is 1. The summed E-state index contributed by atoms with van der Waals surface area (Å²) in [5.74, 6) is 0.535. The predicted molar refractivity (Wildman–Crippen MR) is 137 cm³/mol. The molecule has 1 N–H and O–H groups in total. The highest BCUT2D eigenvalue weighted by molar-refractivity contribution is 8.00. The van der Waals surface area contributed by atoms with Crippen molar-refractivity contribution in [1.29, 1.82) is 0 Å². The summed E-state index contributed by atoms with van der Waals surface area (Å²) in [5.41, 5.74) is 4.30. The highest BCUT2D eigenvalue weighted by Gasteiger charge is 2.18. The summed E-state index contributed by atoms with van der Waals surface area (Å²) >= 11 is 7.49. The Morgan fingerprint density at radius 3 is 2.52 bits per heavy atom. The molecule has 1 saturated heterocycles. The molecule has 0 radical (unpaired) electrons. The van der Waals surface area contributed by atoms with Crippen molar-refractivity contribution in [3.63, 3.8) is 0 Å². The molecule has 0 bridgehead atoms. The van der Waals surface area contributed by atoms with Crippen molar-refractivity contribution in [2.45, 2.75) is 31.3 Å². The number of nitrogens with zero attached hydrogens (tertiary/aromatic N) is 4. The summed E-state index contributed by atoms with van der Waals surface area (Å²) in [6, 6.07) is 15.2. The van der Waals surface area contributed by atoms with Crippen LogP contribution >= 0.6 is 23.5 Å². The molecule has 174 valence electrons. The van der Waals surface area contributed by atoms with E-state index in [-0.39, 0.29) is 0 Å². The molecule has 0 saturated carbocycles. The van der Waals surface area contributed by atoms with E-state index in [1.54, 1.807) is 13.3 Å². The largest absolute Gasteiger partial charge is 0.480 e. The molecule has 4 rings (SSSR count). The zero-order chi connectivity index (χ0) is 23.2. The second-order valence-electron chi connectivity index (χ2n) is 8.40. The Labute approximate surface area is 205 Å². The van der Waals surface area contributed by atoms with Gasteiger partial charge in [-0.2, -0.15) is 0 Å². The Bertz CT molecular complexity index is 1050. The number of halogens is 1. The molecular formula is C25H30ClN5OS. The van der Waals surface area contributed by atoms with Crippen LogP contribution in [0.4, 0.5) is 5.69 Å². The molecule has 0 amide bonds. The van der Waals surface area contributed by atoms with Crippen molar-refractivity contribution in [2.24, 2.45) is 0 Å². The minimum Gasteiger partial charge on any atom is -0.480 e. The Morgan fingerprint density at radius 1 is 1.06 bits per heavy atom. The lowest BCUT2D eigenvalue weighted by atomic mass is 10.1. The topological polar surface area (TPSA) is 53.5 Å². The molecule has 1 aromatic carbocycles. The number of pyridine rings is 2. The van der Waals surface area contributed by atoms with E-state index in [1.807, 2.05) is 24.4 Å². The first-order chi connectivity index (χ1) is 16.0. The Balaban J connectivity index is 1.37.